The predicted molar refractivity (Wildman–Crippen MR) is 95.9 cm³/mol. The average Bonchev–Trinajstić information content (AvgIpc) is 2.60. The molecular formula is C18H19N3O3S. The minimum atomic E-state index is -0.263. The van der Waals surface area contributed by atoms with Gasteiger partial charge >= 0.3 is 0 Å². The van der Waals surface area contributed by atoms with Crippen LogP contribution in [0.15, 0.2) is 23.0 Å². The van der Waals surface area contributed by atoms with E-state index in [1.807, 2.05) is 0 Å². The highest BCUT2D eigenvalue weighted by molar-refractivity contribution is 7.71. The van der Waals surface area contributed by atoms with Gasteiger partial charge in [0.1, 0.15) is 5.75 Å². The molecule has 0 bridgehead atoms. The summed E-state index contributed by atoms with van der Waals surface area (Å²) in [6.07, 6.45) is 6.08. The van der Waals surface area contributed by atoms with Crippen LogP contribution >= 0.6 is 12.2 Å². The van der Waals surface area contributed by atoms with Crippen LogP contribution in [-0.2, 0) is 6.42 Å². The number of aromatic nitrogens is 2. The van der Waals surface area contributed by atoms with Crippen molar-refractivity contribution in [2.24, 2.45) is 0 Å². The number of ether oxygens (including phenoxy) is 1. The molecule has 2 aliphatic rings. The number of hydrogen-bond donors (Lipinski definition) is 3. The van der Waals surface area contributed by atoms with Crippen LogP contribution in [0.25, 0.3) is 0 Å². The minimum absolute atomic E-state index is 0.0677. The van der Waals surface area contributed by atoms with E-state index in [-0.39, 0.29) is 22.3 Å². The molecule has 6 nitrogen and oxygen atoms in total. The van der Waals surface area contributed by atoms with Crippen LogP contribution in [0.2, 0.25) is 0 Å². The molecule has 0 atom stereocenters. The molecule has 0 saturated heterocycles. The van der Waals surface area contributed by atoms with Gasteiger partial charge in [-0.3, -0.25) is 14.6 Å². The van der Waals surface area contributed by atoms with Crippen molar-refractivity contribution >= 4 is 18.1 Å². The van der Waals surface area contributed by atoms with Crippen LogP contribution in [0.4, 0.5) is 0 Å². The number of carbonyl (C=O) groups excluding carboxylic acids is 1. The van der Waals surface area contributed by atoms with Gasteiger partial charge in [-0.2, -0.15) is 0 Å². The molecule has 1 amide bonds. The van der Waals surface area contributed by atoms with Gasteiger partial charge in [0, 0.05) is 23.6 Å². The summed E-state index contributed by atoms with van der Waals surface area (Å²) >= 11 is 4.97. The summed E-state index contributed by atoms with van der Waals surface area (Å²) in [6, 6.07) is 5.59. The molecule has 130 valence electrons. The Morgan fingerprint density at radius 2 is 2.00 bits per heavy atom. The zero-order chi connectivity index (χ0) is 17.4. The van der Waals surface area contributed by atoms with Gasteiger partial charge in [0.15, 0.2) is 4.77 Å². The Kier molecular flexibility index (Phi) is 4.17. The molecule has 1 aromatic heterocycles. The highest BCUT2D eigenvalue weighted by Gasteiger charge is 2.23. The Balaban J connectivity index is 1.58. The quantitative estimate of drug-likeness (QED) is 0.615. The van der Waals surface area contributed by atoms with E-state index in [4.69, 9.17) is 17.0 Å². The van der Waals surface area contributed by atoms with Gasteiger partial charge in [0.05, 0.1) is 5.56 Å². The first kappa shape index (κ1) is 16.1. The van der Waals surface area contributed by atoms with E-state index in [2.05, 4.69) is 15.3 Å². The Morgan fingerprint density at radius 1 is 1.20 bits per heavy atom. The molecule has 7 heteroatoms. The standard InChI is InChI=1S/C18H19N3O3S/c22-15(19-12-4-2-1-3-5-12)10-6-7-14-11(8-10)9-13-16(23)20-18(25)21-17(13)24-14/h6-8,12H,1-5,9H2,(H,19,22)(H2,20,21,23,25). The van der Waals surface area contributed by atoms with Crippen molar-refractivity contribution < 1.29 is 9.53 Å². The molecule has 3 N–H and O–H groups in total. The van der Waals surface area contributed by atoms with Crippen molar-refractivity contribution in [3.63, 3.8) is 0 Å². The molecule has 2 aromatic rings. The zero-order valence-electron chi connectivity index (χ0n) is 13.7. The normalized spacial score (nSPS) is 16.5. The van der Waals surface area contributed by atoms with Crippen LogP contribution in [0.3, 0.4) is 0 Å². The van der Waals surface area contributed by atoms with Crippen molar-refractivity contribution in [2.75, 3.05) is 0 Å². The molecule has 1 aromatic carbocycles. The number of hydrogen-bond acceptors (Lipinski definition) is 4. The second-order valence-electron chi connectivity index (χ2n) is 6.63. The molecule has 0 unspecified atom stereocenters. The number of nitrogens with one attached hydrogen (secondary N) is 3. The van der Waals surface area contributed by atoms with Crippen molar-refractivity contribution in [1.82, 2.24) is 15.3 Å². The summed E-state index contributed by atoms with van der Waals surface area (Å²) in [5.41, 5.74) is 1.64. The monoisotopic (exact) mass is 357 g/mol. The predicted octanol–water partition coefficient (Wildman–Crippen LogP) is 3.19. The first-order valence-corrected chi connectivity index (χ1v) is 8.98. The fourth-order valence-electron chi connectivity index (χ4n) is 3.51. The number of amides is 1. The van der Waals surface area contributed by atoms with E-state index in [0.717, 1.165) is 18.4 Å². The number of carbonyl (C=O) groups is 1. The van der Waals surface area contributed by atoms with Gasteiger partial charge in [-0.05, 0) is 43.3 Å². The van der Waals surface area contributed by atoms with Crippen molar-refractivity contribution in [2.45, 2.75) is 44.6 Å². The number of aromatic amines is 2. The highest BCUT2D eigenvalue weighted by Crippen LogP contribution is 2.33. The zero-order valence-corrected chi connectivity index (χ0v) is 14.5. The lowest BCUT2D eigenvalue weighted by Gasteiger charge is -2.23. The van der Waals surface area contributed by atoms with Crippen LogP contribution < -0.4 is 15.6 Å². The van der Waals surface area contributed by atoms with Crippen LogP contribution in [0.1, 0.15) is 53.6 Å². The molecule has 0 radical (unpaired) electrons. The maximum absolute atomic E-state index is 12.5. The maximum Gasteiger partial charge on any atom is 0.259 e. The van der Waals surface area contributed by atoms with Gasteiger partial charge in [-0.25, -0.2) is 0 Å². The smallest absolute Gasteiger partial charge is 0.259 e. The fraction of sp³-hybridized carbons (Fsp3) is 0.389. The lowest BCUT2D eigenvalue weighted by Crippen LogP contribution is -2.36. The minimum Gasteiger partial charge on any atom is -0.440 e. The van der Waals surface area contributed by atoms with Crippen molar-refractivity contribution in [3.8, 4) is 11.6 Å². The maximum atomic E-state index is 12.5. The van der Waals surface area contributed by atoms with Gasteiger partial charge in [0.2, 0.25) is 5.88 Å². The molecule has 0 spiro atoms. The SMILES string of the molecule is O=C(NC1CCCCC1)c1ccc2c(c1)Cc1c([nH]c(=S)[nH]c1=O)O2. The van der Waals surface area contributed by atoms with E-state index in [1.54, 1.807) is 18.2 Å². The largest absolute Gasteiger partial charge is 0.440 e. The average molecular weight is 357 g/mol. The summed E-state index contributed by atoms with van der Waals surface area (Å²) in [5, 5.41) is 3.11. The fourth-order valence-corrected chi connectivity index (χ4v) is 3.70. The van der Waals surface area contributed by atoms with E-state index in [0.29, 0.717) is 29.2 Å². The molecule has 1 aliphatic carbocycles. The first-order chi connectivity index (χ1) is 12.1. The second-order valence-corrected chi connectivity index (χ2v) is 7.03. The Hall–Kier alpha value is -2.41. The first-order valence-electron chi connectivity index (χ1n) is 8.57. The van der Waals surface area contributed by atoms with Crippen LogP contribution in [0.5, 0.6) is 11.6 Å². The van der Waals surface area contributed by atoms with Gasteiger partial charge in [-0.15, -0.1) is 0 Å². The Labute approximate surface area is 149 Å². The summed E-state index contributed by atoms with van der Waals surface area (Å²) in [5.74, 6) is 0.945. The molecule has 25 heavy (non-hydrogen) atoms. The van der Waals surface area contributed by atoms with E-state index in [9.17, 15) is 9.59 Å². The third-order valence-electron chi connectivity index (χ3n) is 4.84. The van der Waals surface area contributed by atoms with Crippen molar-refractivity contribution in [1.29, 1.82) is 0 Å². The van der Waals surface area contributed by atoms with E-state index in [1.165, 1.54) is 19.3 Å². The van der Waals surface area contributed by atoms with Crippen LogP contribution in [0, 0.1) is 4.77 Å². The van der Waals surface area contributed by atoms with E-state index < -0.39 is 0 Å². The molecular weight excluding hydrogens is 338 g/mol. The van der Waals surface area contributed by atoms with Gasteiger partial charge in [-0.1, -0.05) is 19.3 Å². The summed E-state index contributed by atoms with van der Waals surface area (Å²) in [4.78, 5) is 30.0. The topological polar surface area (TPSA) is 87.0 Å². The second kappa shape index (κ2) is 6.48. The molecule has 1 aliphatic heterocycles. The summed E-state index contributed by atoms with van der Waals surface area (Å²) in [7, 11) is 0. The van der Waals surface area contributed by atoms with E-state index >= 15 is 0 Å². The lowest BCUT2D eigenvalue weighted by molar-refractivity contribution is 0.0927. The summed E-state index contributed by atoms with van der Waals surface area (Å²) < 4.78 is 5.98. The summed E-state index contributed by atoms with van der Waals surface area (Å²) in [6.45, 7) is 0. The van der Waals surface area contributed by atoms with Crippen LogP contribution in [-0.4, -0.2) is 21.9 Å². The number of fused-ring (bicyclic) bond motifs is 2. The lowest BCUT2D eigenvalue weighted by atomic mass is 9.95. The number of H-pyrrole nitrogens is 2. The molecule has 4 rings (SSSR count). The van der Waals surface area contributed by atoms with Gasteiger partial charge in [0.25, 0.3) is 11.5 Å². The van der Waals surface area contributed by atoms with Crippen molar-refractivity contribution in [3.05, 3.63) is 50.0 Å². The molecule has 2 heterocycles. The Morgan fingerprint density at radius 3 is 2.80 bits per heavy atom. The molecule has 1 fully saturated rings. The number of benzene rings is 1. The molecule has 1 saturated carbocycles. The highest BCUT2D eigenvalue weighted by atomic mass is 32.1. The third kappa shape index (κ3) is 3.24. The number of rotatable bonds is 2. The Bertz CT molecular complexity index is 941. The third-order valence-corrected chi connectivity index (χ3v) is 5.05. The van der Waals surface area contributed by atoms with Gasteiger partial charge < -0.3 is 15.0 Å².